The summed E-state index contributed by atoms with van der Waals surface area (Å²) in [7, 11) is 0. The van der Waals surface area contributed by atoms with Gasteiger partial charge >= 0.3 is 6.03 Å². The molecule has 0 unspecified atom stereocenters. The highest BCUT2D eigenvalue weighted by molar-refractivity contribution is 6.04. The fourth-order valence-corrected chi connectivity index (χ4v) is 2.53. The number of nitrogens with zero attached hydrogens (tertiary/aromatic N) is 1. The van der Waals surface area contributed by atoms with Crippen LogP contribution in [-0.2, 0) is 13.1 Å². The van der Waals surface area contributed by atoms with Crippen LogP contribution in [0.4, 0.5) is 16.3 Å². The average molecular weight is 375 g/mol. The van der Waals surface area contributed by atoms with Gasteiger partial charge in [0.2, 0.25) is 0 Å². The maximum Gasteiger partial charge on any atom is 0.315 e. The summed E-state index contributed by atoms with van der Waals surface area (Å²) in [5.74, 6) is 0.0930. The third-order valence-corrected chi connectivity index (χ3v) is 4.00. The number of pyridine rings is 1. The van der Waals surface area contributed by atoms with Crippen LogP contribution in [0.3, 0.4) is 0 Å². The van der Waals surface area contributed by atoms with Crippen LogP contribution in [0.1, 0.15) is 21.5 Å². The van der Waals surface area contributed by atoms with Crippen LogP contribution in [0.15, 0.2) is 72.9 Å². The molecule has 0 bridgehead atoms. The van der Waals surface area contributed by atoms with Gasteiger partial charge < -0.3 is 21.7 Å². The molecular weight excluding hydrogens is 354 g/mol. The molecule has 7 nitrogen and oxygen atoms in total. The van der Waals surface area contributed by atoms with Crippen LogP contribution in [-0.4, -0.2) is 16.9 Å². The molecule has 142 valence electrons. The minimum atomic E-state index is -0.249. The minimum absolute atomic E-state index is 0.245. The van der Waals surface area contributed by atoms with Gasteiger partial charge in [0.05, 0.1) is 0 Å². The van der Waals surface area contributed by atoms with E-state index >= 15 is 0 Å². The molecule has 3 rings (SSSR count). The largest absolute Gasteiger partial charge is 0.384 e. The molecule has 0 saturated carbocycles. The summed E-state index contributed by atoms with van der Waals surface area (Å²) >= 11 is 0. The summed E-state index contributed by atoms with van der Waals surface area (Å²) in [5, 5.41) is 8.36. The van der Waals surface area contributed by atoms with Gasteiger partial charge in [-0.2, -0.15) is 0 Å². The van der Waals surface area contributed by atoms with Crippen molar-refractivity contribution in [2.75, 3.05) is 11.1 Å². The Hall–Kier alpha value is -3.87. The molecule has 3 aromatic rings. The molecule has 0 aliphatic carbocycles. The smallest absolute Gasteiger partial charge is 0.315 e. The lowest BCUT2D eigenvalue weighted by atomic mass is 10.1. The van der Waals surface area contributed by atoms with Crippen molar-refractivity contribution >= 4 is 23.4 Å². The maximum absolute atomic E-state index is 12.3. The molecule has 1 heterocycles. The fourth-order valence-electron chi connectivity index (χ4n) is 2.53. The number of amides is 3. The van der Waals surface area contributed by atoms with Crippen molar-refractivity contribution in [2.45, 2.75) is 13.1 Å². The average Bonchev–Trinajstić information content (AvgIpc) is 2.72. The Labute approximate surface area is 163 Å². The maximum atomic E-state index is 12.3. The molecule has 7 heteroatoms. The van der Waals surface area contributed by atoms with E-state index in [0.717, 1.165) is 11.1 Å². The van der Waals surface area contributed by atoms with Gasteiger partial charge in [0, 0.05) is 36.6 Å². The lowest BCUT2D eigenvalue weighted by Gasteiger charge is -2.09. The van der Waals surface area contributed by atoms with E-state index in [1.807, 2.05) is 30.3 Å². The summed E-state index contributed by atoms with van der Waals surface area (Å²) in [5.41, 5.74) is 8.61. The number of carbonyl (C=O) groups is 2. The summed E-state index contributed by atoms with van der Waals surface area (Å²) in [4.78, 5) is 28.0. The zero-order chi connectivity index (χ0) is 19.8. The molecule has 0 spiro atoms. The first kappa shape index (κ1) is 18.9. The molecule has 0 atom stereocenters. The van der Waals surface area contributed by atoms with Crippen LogP contribution in [0.2, 0.25) is 0 Å². The van der Waals surface area contributed by atoms with Crippen LogP contribution in [0.5, 0.6) is 0 Å². The van der Waals surface area contributed by atoms with Crippen LogP contribution >= 0.6 is 0 Å². The van der Waals surface area contributed by atoms with E-state index in [1.165, 1.54) is 6.20 Å². The number of anilines is 2. The van der Waals surface area contributed by atoms with Crippen molar-refractivity contribution in [3.63, 3.8) is 0 Å². The molecular formula is C21H21N5O2. The number of hydrogen-bond donors (Lipinski definition) is 4. The predicted octanol–water partition coefficient (Wildman–Crippen LogP) is 2.92. The van der Waals surface area contributed by atoms with Crippen molar-refractivity contribution in [1.29, 1.82) is 0 Å². The van der Waals surface area contributed by atoms with Gasteiger partial charge in [0.25, 0.3) is 5.91 Å². The van der Waals surface area contributed by atoms with E-state index < -0.39 is 0 Å². The van der Waals surface area contributed by atoms with E-state index in [-0.39, 0.29) is 11.9 Å². The first-order valence-corrected chi connectivity index (χ1v) is 8.77. The molecule has 0 radical (unpaired) electrons. The quantitative estimate of drug-likeness (QED) is 0.531. The van der Waals surface area contributed by atoms with Crippen LogP contribution in [0, 0.1) is 0 Å². The van der Waals surface area contributed by atoms with Gasteiger partial charge in [-0.15, -0.1) is 0 Å². The molecule has 5 N–H and O–H groups in total. The Morgan fingerprint density at radius 2 is 1.50 bits per heavy atom. The van der Waals surface area contributed by atoms with Crippen LogP contribution in [0.25, 0.3) is 0 Å². The van der Waals surface area contributed by atoms with Gasteiger partial charge in [0.15, 0.2) is 0 Å². The second-order valence-electron chi connectivity index (χ2n) is 6.14. The number of urea groups is 1. The molecule has 0 saturated heterocycles. The highest BCUT2D eigenvalue weighted by Gasteiger charge is 2.07. The second kappa shape index (κ2) is 9.18. The Balaban J connectivity index is 1.47. The summed E-state index contributed by atoms with van der Waals surface area (Å²) < 4.78 is 0. The number of nitrogen functional groups attached to an aromatic ring is 1. The Morgan fingerprint density at radius 3 is 2.14 bits per heavy atom. The number of carbonyl (C=O) groups excluding carboxylic acids is 2. The van der Waals surface area contributed by atoms with Crippen molar-refractivity contribution < 1.29 is 9.59 Å². The Kier molecular flexibility index (Phi) is 6.20. The van der Waals surface area contributed by atoms with E-state index in [2.05, 4.69) is 20.9 Å². The minimum Gasteiger partial charge on any atom is -0.384 e. The number of rotatable bonds is 6. The highest BCUT2D eigenvalue weighted by Crippen LogP contribution is 2.12. The third-order valence-electron chi connectivity index (χ3n) is 4.00. The zero-order valence-electron chi connectivity index (χ0n) is 15.2. The van der Waals surface area contributed by atoms with Gasteiger partial charge in [-0.3, -0.25) is 4.79 Å². The van der Waals surface area contributed by atoms with Crippen molar-refractivity contribution in [2.24, 2.45) is 0 Å². The van der Waals surface area contributed by atoms with E-state index in [4.69, 9.17) is 5.73 Å². The number of benzene rings is 2. The molecule has 0 fully saturated rings. The van der Waals surface area contributed by atoms with E-state index in [0.29, 0.717) is 30.2 Å². The fraction of sp³-hybridized carbons (Fsp3) is 0.0952. The third kappa shape index (κ3) is 5.57. The normalized spacial score (nSPS) is 10.1. The van der Waals surface area contributed by atoms with Crippen molar-refractivity contribution in [3.8, 4) is 0 Å². The number of nitrogens with one attached hydrogen (secondary N) is 3. The summed E-state index contributed by atoms with van der Waals surface area (Å²) in [6, 6.07) is 19.7. The molecule has 0 aliphatic rings. The molecule has 0 aliphatic heterocycles. The number of nitrogens with two attached hydrogens (primary N) is 1. The van der Waals surface area contributed by atoms with Gasteiger partial charge in [-0.25, -0.2) is 9.78 Å². The second-order valence-corrected chi connectivity index (χ2v) is 6.14. The SMILES string of the molecule is Nc1cc(NC(=O)c2ccc(CNC(=O)NCc3ccccc3)cc2)ccn1. The van der Waals surface area contributed by atoms with E-state index in [9.17, 15) is 9.59 Å². The topological polar surface area (TPSA) is 109 Å². The molecule has 3 amide bonds. The van der Waals surface area contributed by atoms with Gasteiger partial charge in [-0.1, -0.05) is 42.5 Å². The highest BCUT2D eigenvalue weighted by atomic mass is 16.2. The lowest BCUT2D eigenvalue weighted by Crippen LogP contribution is -2.34. The first-order chi connectivity index (χ1) is 13.6. The van der Waals surface area contributed by atoms with E-state index in [1.54, 1.807) is 36.4 Å². The van der Waals surface area contributed by atoms with Crippen molar-refractivity contribution in [3.05, 3.63) is 89.6 Å². The molecule has 2 aromatic carbocycles. The molecule has 28 heavy (non-hydrogen) atoms. The Morgan fingerprint density at radius 1 is 0.857 bits per heavy atom. The number of hydrogen-bond acceptors (Lipinski definition) is 4. The summed E-state index contributed by atoms with van der Waals surface area (Å²) in [6.07, 6.45) is 1.53. The lowest BCUT2D eigenvalue weighted by molar-refractivity contribution is 0.102. The van der Waals surface area contributed by atoms with Crippen molar-refractivity contribution in [1.82, 2.24) is 15.6 Å². The van der Waals surface area contributed by atoms with Gasteiger partial charge in [-0.05, 0) is 29.3 Å². The molecule has 1 aromatic heterocycles. The number of aromatic nitrogens is 1. The van der Waals surface area contributed by atoms with Gasteiger partial charge in [0.1, 0.15) is 5.82 Å². The Bertz CT molecular complexity index is 943. The first-order valence-electron chi connectivity index (χ1n) is 8.77. The van der Waals surface area contributed by atoms with Crippen LogP contribution < -0.4 is 21.7 Å². The standard InChI is InChI=1S/C21H21N5O2/c22-19-12-18(10-11-23-19)26-20(27)17-8-6-16(7-9-17)14-25-21(28)24-13-15-4-2-1-3-5-15/h1-12H,13-14H2,(H2,24,25,28)(H3,22,23,26,27). The summed E-state index contributed by atoms with van der Waals surface area (Å²) in [6.45, 7) is 0.828. The monoisotopic (exact) mass is 375 g/mol. The predicted molar refractivity (Wildman–Crippen MR) is 109 cm³/mol. The zero-order valence-corrected chi connectivity index (χ0v) is 15.2.